The molecule has 102 valence electrons. The molecule has 0 bridgehead atoms. The minimum Gasteiger partial charge on any atom is -0.475 e. The fraction of sp³-hybridized carbons (Fsp3) is 0.231. The molecular weight excluding hydrogens is 263 g/mol. The summed E-state index contributed by atoms with van der Waals surface area (Å²) >= 11 is 0. The van der Waals surface area contributed by atoms with Crippen molar-refractivity contribution in [2.45, 2.75) is 19.8 Å². The van der Waals surface area contributed by atoms with Crippen molar-refractivity contribution in [2.24, 2.45) is 0 Å². The molecule has 1 heterocycles. The molecule has 2 aromatic rings. The van der Waals surface area contributed by atoms with Crippen molar-refractivity contribution in [2.75, 3.05) is 0 Å². The van der Waals surface area contributed by atoms with Crippen molar-refractivity contribution in [3.8, 4) is 11.8 Å². The highest BCUT2D eigenvalue weighted by molar-refractivity contribution is 5.83. The third-order valence-corrected chi connectivity index (χ3v) is 2.67. The van der Waals surface area contributed by atoms with Crippen molar-refractivity contribution in [3.63, 3.8) is 0 Å². The zero-order chi connectivity index (χ0) is 14.9. The molecule has 0 aliphatic carbocycles. The van der Waals surface area contributed by atoms with E-state index >= 15 is 0 Å². The molecule has 1 N–H and O–H groups in total. The molecular formula is C13H11FN4O2. The van der Waals surface area contributed by atoms with Crippen molar-refractivity contribution in [3.05, 3.63) is 41.2 Å². The number of hydrogen-bond donors (Lipinski definition) is 1. The highest BCUT2D eigenvalue weighted by Gasteiger charge is 2.21. The zero-order valence-electron chi connectivity index (χ0n) is 10.8. The lowest BCUT2D eigenvalue weighted by Crippen LogP contribution is -2.08. The van der Waals surface area contributed by atoms with Gasteiger partial charge in [0.1, 0.15) is 23.3 Å². The predicted molar refractivity (Wildman–Crippen MR) is 67.1 cm³/mol. The molecule has 20 heavy (non-hydrogen) atoms. The monoisotopic (exact) mass is 274 g/mol. The van der Waals surface area contributed by atoms with Crippen molar-refractivity contribution < 1.29 is 14.3 Å². The first-order valence-corrected chi connectivity index (χ1v) is 5.85. The molecule has 1 aromatic carbocycles. The van der Waals surface area contributed by atoms with Gasteiger partial charge in [-0.3, -0.25) is 0 Å². The minimum absolute atomic E-state index is 0.134. The van der Waals surface area contributed by atoms with Crippen molar-refractivity contribution in [1.29, 1.82) is 5.26 Å². The molecule has 0 aliphatic rings. The molecule has 0 amide bonds. The van der Waals surface area contributed by atoms with Crippen LogP contribution in [0.2, 0.25) is 0 Å². The molecule has 1 aromatic heterocycles. The smallest absolute Gasteiger partial charge is 0.375 e. The highest BCUT2D eigenvalue weighted by Crippen LogP contribution is 2.21. The molecule has 0 saturated carbocycles. The van der Waals surface area contributed by atoms with Gasteiger partial charge in [-0.2, -0.15) is 5.26 Å². The topological polar surface area (TPSA) is 91.8 Å². The molecule has 6 nitrogen and oxygen atoms in total. The van der Waals surface area contributed by atoms with Crippen LogP contribution in [0.1, 0.15) is 41.8 Å². The maximum atomic E-state index is 13.6. The van der Waals surface area contributed by atoms with Crippen molar-refractivity contribution >= 4 is 5.97 Å². The predicted octanol–water partition coefficient (Wildman–Crippen LogP) is 2.10. The van der Waals surface area contributed by atoms with E-state index in [1.807, 2.05) is 0 Å². The highest BCUT2D eigenvalue weighted by atomic mass is 19.1. The van der Waals surface area contributed by atoms with Gasteiger partial charge < -0.3 is 5.11 Å². The average Bonchev–Trinajstić information content (AvgIpc) is 2.83. The van der Waals surface area contributed by atoms with Gasteiger partial charge in [-0.1, -0.05) is 19.9 Å². The van der Waals surface area contributed by atoms with Gasteiger partial charge in [0.2, 0.25) is 0 Å². The van der Waals surface area contributed by atoms with E-state index in [4.69, 9.17) is 10.4 Å². The summed E-state index contributed by atoms with van der Waals surface area (Å²) in [5.74, 6) is -2.13. The number of carboxylic acid groups (broad SMARTS) is 1. The van der Waals surface area contributed by atoms with E-state index in [-0.39, 0.29) is 23.0 Å². The largest absolute Gasteiger partial charge is 0.475 e. The maximum absolute atomic E-state index is 13.6. The van der Waals surface area contributed by atoms with Crippen LogP contribution < -0.4 is 0 Å². The lowest BCUT2D eigenvalue weighted by atomic mass is 10.1. The molecule has 2 rings (SSSR count). The van der Waals surface area contributed by atoms with Gasteiger partial charge in [0.05, 0.1) is 5.69 Å². The van der Waals surface area contributed by atoms with Gasteiger partial charge in [-0.15, -0.1) is 5.10 Å². The second-order valence-corrected chi connectivity index (χ2v) is 4.41. The molecule has 7 heteroatoms. The first-order chi connectivity index (χ1) is 9.45. The Bertz CT molecular complexity index is 716. The van der Waals surface area contributed by atoms with E-state index in [0.29, 0.717) is 5.82 Å². The summed E-state index contributed by atoms with van der Waals surface area (Å²) in [4.78, 5) is 14.9. The molecule has 0 saturated heterocycles. The second kappa shape index (κ2) is 5.09. The standard InChI is InChI=1S/C13H11FN4O2/c1-7(2)12-16-11(13(19)20)17-18(12)10-5-3-4-9(14)8(10)6-15/h3-5,7H,1-2H3,(H,19,20). The van der Waals surface area contributed by atoms with E-state index in [0.717, 1.165) is 6.07 Å². The van der Waals surface area contributed by atoms with Crippen molar-refractivity contribution in [1.82, 2.24) is 14.8 Å². The fourth-order valence-corrected chi connectivity index (χ4v) is 1.77. The van der Waals surface area contributed by atoms with Gasteiger partial charge in [0.15, 0.2) is 0 Å². The van der Waals surface area contributed by atoms with Crippen LogP contribution in [0.3, 0.4) is 0 Å². The first-order valence-electron chi connectivity index (χ1n) is 5.85. The Balaban J connectivity index is 2.73. The van der Waals surface area contributed by atoms with Crippen LogP contribution in [0.4, 0.5) is 4.39 Å². The van der Waals surface area contributed by atoms with Gasteiger partial charge in [-0.05, 0) is 12.1 Å². The summed E-state index contributed by atoms with van der Waals surface area (Å²) in [6.07, 6.45) is 0. The Kier molecular flexibility index (Phi) is 3.48. The number of rotatable bonds is 3. The van der Waals surface area contributed by atoms with Gasteiger partial charge in [-0.25, -0.2) is 18.9 Å². The van der Waals surface area contributed by atoms with E-state index in [2.05, 4.69) is 10.1 Å². The van der Waals surface area contributed by atoms with Crippen LogP contribution in [0.15, 0.2) is 18.2 Å². The summed E-state index contributed by atoms with van der Waals surface area (Å²) < 4.78 is 14.8. The Morgan fingerprint density at radius 2 is 2.20 bits per heavy atom. The number of benzene rings is 1. The lowest BCUT2D eigenvalue weighted by Gasteiger charge is -2.09. The Morgan fingerprint density at radius 3 is 2.75 bits per heavy atom. The Morgan fingerprint density at radius 1 is 1.50 bits per heavy atom. The summed E-state index contributed by atoms with van der Waals surface area (Å²) in [5.41, 5.74) is -0.0209. The Hall–Kier alpha value is -2.75. The number of aromatic carboxylic acids is 1. The summed E-state index contributed by atoms with van der Waals surface area (Å²) in [5, 5.41) is 21.8. The molecule has 0 unspecified atom stereocenters. The first kappa shape index (κ1) is 13.7. The van der Waals surface area contributed by atoms with Crippen LogP contribution in [-0.4, -0.2) is 25.8 Å². The molecule has 0 fully saturated rings. The molecule has 0 aliphatic heterocycles. The number of nitrogens with zero attached hydrogens (tertiary/aromatic N) is 4. The SMILES string of the molecule is CC(C)c1nc(C(=O)O)nn1-c1cccc(F)c1C#N. The van der Waals surface area contributed by atoms with E-state index in [9.17, 15) is 9.18 Å². The average molecular weight is 274 g/mol. The summed E-state index contributed by atoms with van der Waals surface area (Å²) in [6.45, 7) is 3.61. The van der Waals surface area contributed by atoms with E-state index < -0.39 is 11.8 Å². The maximum Gasteiger partial charge on any atom is 0.375 e. The fourth-order valence-electron chi connectivity index (χ4n) is 1.77. The Labute approximate surface area is 114 Å². The van der Waals surface area contributed by atoms with Crippen LogP contribution in [-0.2, 0) is 0 Å². The number of hydrogen-bond acceptors (Lipinski definition) is 4. The second-order valence-electron chi connectivity index (χ2n) is 4.41. The van der Waals surface area contributed by atoms with E-state index in [1.54, 1.807) is 19.9 Å². The van der Waals surface area contributed by atoms with Gasteiger partial charge >= 0.3 is 5.97 Å². The third-order valence-electron chi connectivity index (χ3n) is 2.67. The number of carbonyl (C=O) groups is 1. The normalized spacial score (nSPS) is 10.6. The molecule has 0 spiro atoms. The number of nitriles is 1. The van der Waals surface area contributed by atoms with Crippen LogP contribution in [0, 0.1) is 17.1 Å². The van der Waals surface area contributed by atoms with Crippen LogP contribution in [0.5, 0.6) is 0 Å². The van der Waals surface area contributed by atoms with Crippen LogP contribution >= 0.6 is 0 Å². The summed E-state index contributed by atoms with van der Waals surface area (Å²) in [7, 11) is 0. The minimum atomic E-state index is -1.28. The molecule has 0 radical (unpaired) electrons. The summed E-state index contributed by atoms with van der Waals surface area (Å²) in [6, 6.07) is 5.84. The quantitative estimate of drug-likeness (QED) is 0.925. The van der Waals surface area contributed by atoms with Gasteiger partial charge in [0.25, 0.3) is 5.82 Å². The number of carboxylic acids is 1. The third kappa shape index (κ3) is 2.23. The van der Waals surface area contributed by atoms with Crippen LogP contribution in [0.25, 0.3) is 5.69 Å². The lowest BCUT2D eigenvalue weighted by molar-refractivity contribution is 0.0683. The molecule has 0 atom stereocenters. The zero-order valence-corrected chi connectivity index (χ0v) is 10.8. The number of halogens is 1. The van der Waals surface area contributed by atoms with Gasteiger partial charge in [0, 0.05) is 5.92 Å². The number of aromatic nitrogens is 3. The van der Waals surface area contributed by atoms with E-state index in [1.165, 1.54) is 16.8 Å².